The highest BCUT2D eigenvalue weighted by atomic mass is 16.5. The summed E-state index contributed by atoms with van der Waals surface area (Å²) in [7, 11) is 3.24. The van der Waals surface area contributed by atoms with Gasteiger partial charge in [0, 0.05) is 30.4 Å². The number of benzene rings is 2. The number of amides is 1. The van der Waals surface area contributed by atoms with Crippen molar-refractivity contribution in [2.75, 3.05) is 45.8 Å². The van der Waals surface area contributed by atoms with E-state index in [0.717, 1.165) is 60.5 Å². The first-order valence-corrected chi connectivity index (χ1v) is 12.6. The first-order chi connectivity index (χ1) is 17.4. The molecule has 2 aromatic rings. The number of aliphatic hydroxyl groups is 1. The number of hydrogen-bond acceptors (Lipinski definition) is 6. The Bertz CT molecular complexity index is 1020. The SMILES string of the molecule is COc1ccc(COCC(O)CCC2=CCCN(CC(=O)Nc3c(C)cccc3C)CC2)c(OC)c1. The van der Waals surface area contributed by atoms with Crippen molar-refractivity contribution in [3.8, 4) is 11.5 Å². The summed E-state index contributed by atoms with van der Waals surface area (Å²) < 4.78 is 16.4. The van der Waals surface area contributed by atoms with Gasteiger partial charge in [-0.25, -0.2) is 0 Å². The molecule has 0 saturated carbocycles. The Morgan fingerprint density at radius 2 is 1.89 bits per heavy atom. The number of nitrogens with one attached hydrogen (secondary N) is 1. The van der Waals surface area contributed by atoms with Crippen LogP contribution in [-0.4, -0.2) is 62.5 Å². The van der Waals surface area contributed by atoms with E-state index in [4.69, 9.17) is 14.2 Å². The summed E-state index contributed by atoms with van der Waals surface area (Å²) >= 11 is 0. The Morgan fingerprint density at radius 1 is 1.11 bits per heavy atom. The van der Waals surface area contributed by atoms with Crippen molar-refractivity contribution in [1.82, 2.24) is 4.90 Å². The van der Waals surface area contributed by atoms with Gasteiger partial charge in [0.2, 0.25) is 5.91 Å². The Hall–Kier alpha value is -2.87. The number of anilines is 1. The van der Waals surface area contributed by atoms with E-state index in [1.54, 1.807) is 14.2 Å². The molecular weight excluding hydrogens is 456 g/mol. The molecule has 0 saturated heterocycles. The highest BCUT2D eigenvalue weighted by molar-refractivity contribution is 5.93. The zero-order valence-corrected chi connectivity index (χ0v) is 22.0. The van der Waals surface area contributed by atoms with Crippen LogP contribution in [0.4, 0.5) is 5.69 Å². The van der Waals surface area contributed by atoms with Gasteiger partial charge in [-0.05, 0) is 62.8 Å². The molecule has 1 unspecified atom stereocenters. The number of aryl methyl sites for hydroxylation is 2. The summed E-state index contributed by atoms with van der Waals surface area (Å²) in [6, 6.07) is 11.6. The molecular formula is C29H40N2O5. The topological polar surface area (TPSA) is 80.3 Å². The minimum atomic E-state index is -0.530. The standard InChI is InChI=1S/C29H40N2O5/c1-21-7-5-8-22(2)29(21)30-28(33)18-31-15-6-9-23(14-16-31)10-12-25(32)20-36-19-24-11-13-26(34-3)17-27(24)35-4/h5,7-9,11,13,17,25,32H,6,10,12,14-16,18-20H2,1-4H3,(H,30,33). The van der Waals surface area contributed by atoms with Crippen molar-refractivity contribution < 1.29 is 24.1 Å². The third-order valence-electron chi connectivity index (χ3n) is 6.60. The van der Waals surface area contributed by atoms with E-state index >= 15 is 0 Å². The fraction of sp³-hybridized carbons (Fsp3) is 0.483. The summed E-state index contributed by atoms with van der Waals surface area (Å²) in [4.78, 5) is 14.8. The molecule has 1 aliphatic rings. The van der Waals surface area contributed by atoms with Crippen LogP contribution in [0.15, 0.2) is 48.0 Å². The van der Waals surface area contributed by atoms with Crippen molar-refractivity contribution in [2.24, 2.45) is 0 Å². The average Bonchev–Trinajstić information content (AvgIpc) is 3.10. The van der Waals surface area contributed by atoms with Crippen molar-refractivity contribution >= 4 is 11.6 Å². The Morgan fingerprint density at radius 3 is 2.61 bits per heavy atom. The molecule has 0 fully saturated rings. The van der Waals surface area contributed by atoms with E-state index in [1.807, 2.05) is 50.2 Å². The Kier molecular flexibility index (Phi) is 10.8. The van der Waals surface area contributed by atoms with Crippen LogP contribution in [0.2, 0.25) is 0 Å². The van der Waals surface area contributed by atoms with Gasteiger partial charge < -0.3 is 24.6 Å². The van der Waals surface area contributed by atoms with Gasteiger partial charge in [-0.1, -0.05) is 29.8 Å². The van der Waals surface area contributed by atoms with Crippen LogP contribution >= 0.6 is 0 Å². The quantitative estimate of drug-likeness (QED) is 0.417. The molecule has 196 valence electrons. The van der Waals surface area contributed by atoms with Crippen LogP contribution < -0.4 is 14.8 Å². The predicted octanol–water partition coefficient (Wildman–Crippen LogP) is 4.64. The van der Waals surface area contributed by atoms with Gasteiger partial charge in [0.15, 0.2) is 0 Å². The smallest absolute Gasteiger partial charge is 0.238 e. The Labute approximate surface area is 215 Å². The molecule has 1 aliphatic heterocycles. The van der Waals surface area contributed by atoms with Gasteiger partial charge in [-0.15, -0.1) is 0 Å². The van der Waals surface area contributed by atoms with E-state index in [1.165, 1.54) is 5.57 Å². The molecule has 2 aromatic carbocycles. The van der Waals surface area contributed by atoms with Gasteiger partial charge in [0.25, 0.3) is 0 Å². The fourth-order valence-electron chi connectivity index (χ4n) is 4.46. The molecule has 0 aromatic heterocycles. The first-order valence-electron chi connectivity index (χ1n) is 12.6. The second kappa shape index (κ2) is 14.0. The second-order valence-corrected chi connectivity index (χ2v) is 9.38. The highest BCUT2D eigenvalue weighted by Gasteiger charge is 2.16. The number of nitrogens with zero attached hydrogens (tertiary/aromatic N) is 1. The maximum atomic E-state index is 12.6. The predicted molar refractivity (Wildman–Crippen MR) is 143 cm³/mol. The molecule has 7 nitrogen and oxygen atoms in total. The maximum absolute atomic E-state index is 12.6. The molecule has 0 spiro atoms. The lowest BCUT2D eigenvalue weighted by Crippen LogP contribution is -2.34. The number of rotatable bonds is 12. The van der Waals surface area contributed by atoms with Gasteiger partial charge in [-0.3, -0.25) is 9.69 Å². The van der Waals surface area contributed by atoms with Crippen LogP contribution in [0, 0.1) is 13.8 Å². The molecule has 36 heavy (non-hydrogen) atoms. The Balaban J connectivity index is 1.36. The minimum Gasteiger partial charge on any atom is -0.497 e. The number of hydrogen-bond donors (Lipinski definition) is 2. The van der Waals surface area contributed by atoms with Gasteiger partial charge in [0.05, 0.1) is 40.1 Å². The zero-order chi connectivity index (χ0) is 25.9. The van der Waals surface area contributed by atoms with E-state index in [-0.39, 0.29) is 12.5 Å². The largest absolute Gasteiger partial charge is 0.497 e. The second-order valence-electron chi connectivity index (χ2n) is 9.38. The maximum Gasteiger partial charge on any atom is 0.238 e. The summed E-state index contributed by atoms with van der Waals surface area (Å²) in [5.74, 6) is 1.46. The lowest BCUT2D eigenvalue weighted by molar-refractivity contribution is -0.117. The monoisotopic (exact) mass is 496 g/mol. The third kappa shape index (κ3) is 8.36. The van der Waals surface area contributed by atoms with Crippen molar-refractivity contribution in [3.63, 3.8) is 0 Å². The van der Waals surface area contributed by atoms with Gasteiger partial charge in [0.1, 0.15) is 11.5 Å². The molecule has 0 aliphatic carbocycles. The number of aliphatic hydroxyl groups excluding tert-OH is 1. The van der Waals surface area contributed by atoms with Gasteiger partial charge in [-0.2, -0.15) is 0 Å². The number of methoxy groups -OCH3 is 2. The molecule has 0 radical (unpaired) electrons. The molecule has 3 rings (SSSR count). The lowest BCUT2D eigenvalue weighted by atomic mass is 10.0. The molecule has 1 atom stereocenters. The van der Waals surface area contributed by atoms with Crippen LogP contribution in [0.5, 0.6) is 11.5 Å². The summed E-state index contributed by atoms with van der Waals surface area (Å²) in [5.41, 5.74) is 5.32. The summed E-state index contributed by atoms with van der Waals surface area (Å²) in [6.07, 6.45) is 5.04. The molecule has 1 amide bonds. The average molecular weight is 497 g/mol. The summed E-state index contributed by atoms with van der Waals surface area (Å²) in [5, 5.41) is 13.5. The number of carbonyl (C=O) groups is 1. The zero-order valence-electron chi connectivity index (χ0n) is 22.0. The van der Waals surface area contributed by atoms with E-state index in [2.05, 4.69) is 16.3 Å². The lowest BCUT2D eigenvalue weighted by Gasteiger charge is -2.20. The molecule has 2 N–H and O–H groups in total. The van der Waals surface area contributed by atoms with Crippen molar-refractivity contribution in [2.45, 2.75) is 52.2 Å². The molecule has 1 heterocycles. The van der Waals surface area contributed by atoms with Crippen molar-refractivity contribution in [1.29, 1.82) is 0 Å². The van der Waals surface area contributed by atoms with E-state index in [9.17, 15) is 9.90 Å². The molecule has 7 heteroatoms. The number of para-hydroxylation sites is 1. The minimum absolute atomic E-state index is 0.0249. The van der Waals surface area contributed by atoms with Crippen molar-refractivity contribution in [3.05, 3.63) is 64.7 Å². The van der Waals surface area contributed by atoms with Crippen LogP contribution in [0.3, 0.4) is 0 Å². The van der Waals surface area contributed by atoms with Crippen LogP contribution in [0.1, 0.15) is 42.4 Å². The third-order valence-corrected chi connectivity index (χ3v) is 6.60. The summed E-state index contributed by atoms with van der Waals surface area (Å²) in [6.45, 7) is 6.76. The number of carbonyl (C=O) groups excluding carboxylic acids is 1. The molecule has 0 bridgehead atoms. The van der Waals surface area contributed by atoms with Gasteiger partial charge >= 0.3 is 0 Å². The van der Waals surface area contributed by atoms with E-state index in [0.29, 0.717) is 25.3 Å². The van der Waals surface area contributed by atoms with Crippen LogP contribution in [-0.2, 0) is 16.1 Å². The van der Waals surface area contributed by atoms with Crippen LogP contribution in [0.25, 0.3) is 0 Å². The normalized spacial score (nSPS) is 15.1. The first kappa shape index (κ1) is 27.7. The fourth-order valence-corrected chi connectivity index (χ4v) is 4.46. The van der Waals surface area contributed by atoms with E-state index < -0.39 is 6.10 Å². The highest BCUT2D eigenvalue weighted by Crippen LogP contribution is 2.25. The number of ether oxygens (including phenoxy) is 3.